The van der Waals surface area contributed by atoms with Gasteiger partial charge in [-0.25, -0.2) is 0 Å². The summed E-state index contributed by atoms with van der Waals surface area (Å²) in [6.07, 6.45) is -13.1. The number of ether oxygens (including phenoxy) is 4. The second-order valence-corrected chi connectivity index (χ2v) is 21.1. The number of alkyl halides is 18. The standard InChI is InChI=1S/C43H36F18O8P2.2CH2O/c1-7-65-70(5,62)31-21-24(10-9-23(31)3)25-11-20-30(32(22-25)71(6,63)66-8-2)69-41(55)37(50,51)36(48,49)40(41,54)68-29-18-14-27(15-19-29)33(42(56,57)58,43(59,60)61)26-12-16-28(17-13-26)67-39(53)35(46,47)34(44,45)38(39,52)64-4;2*1-2/h9-22H,7-8H2,1-6H3;2*1H2. The number of rotatable bonds is 16. The molecule has 0 radical (unpaired) electrons. The molecule has 0 heterocycles. The molecule has 0 amide bonds. The van der Waals surface area contributed by atoms with Crippen molar-refractivity contribution < 1.29 is 126 Å². The zero-order valence-electron chi connectivity index (χ0n) is 39.2. The van der Waals surface area contributed by atoms with E-state index in [0.717, 1.165) is 18.8 Å². The van der Waals surface area contributed by atoms with Crippen LogP contribution in [0.2, 0.25) is 0 Å². The molecule has 30 heteroatoms. The highest BCUT2D eigenvalue weighted by molar-refractivity contribution is 7.66. The van der Waals surface area contributed by atoms with Gasteiger partial charge in [0.2, 0.25) is 20.2 Å². The maximum Gasteiger partial charge on any atom is 0.411 e. The molecule has 0 spiro atoms. The van der Waals surface area contributed by atoms with Crippen molar-refractivity contribution in [1.82, 2.24) is 0 Å². The summed E-state index contributed by atoms with van der Waals surface area (Å²) in [6, 6.07) is 5.60. The fourth-order valence-corrected chi connectivity index (χ4v) is 11.3. The van der Waals surface area contributed by atoms with Crippen molar-refractivity contribution in [1.29, 1.82) is 0 Å². The summed E-state index contributed by atoms with van der Waals surface area (Å²) in [4.78, 5) is 16.0. The molecule has 2 fully saturated rings. The van der Waals surface area contributed by atoms with Gasteiger partial charge in [-0.1, -0.05) is 42.5 Å². The maximum absolute atomic E-state index is 16.6. The van der Waals surface area contributed by atoms with Crippen LogP contribution < -0.4 is 24.8 Å². The Morgan fingerprint density at radius 2 is 0.800 bits per heavy atom. The first-order chi connectivity index (χ1) is 34.2. The largest absolute Gasteiger partial charge is 0.448 e. The molecule has 75 heavy (non-hydrogen) atoms. The van der Waals surface area contributed by atoms with Gasteiger partial charge < -0.3 is 37.6 Å². The van der Waals surface area contributed by atoms with Gasteiger partial charge in [0.25, 0.3) is 0 Å². The van der Waals surface area contributed by atoms with Crippen molar-refractivity contribution in [3.05, 3.63) is 102 Å². The van der Waals surface area contributed by atoms with Gasteiger partial charge in [0.15, 0.2) is 0 Å². The average molecular weight is 1140 g/mol. The fourth-order valence-electron chi connectivity index (χ4n) is 8.10. The first kappa shape index (κ1) is 62.2. The summed E-state index contributed by atoms with van der Waals surface area (Å²) in [5, 5.41) is -0.613. The van der Waals surface area contributed by atoms with E-state index in [-0.39, 0.29) is 85.3 Å². The molecule has 4 aromatic rings. The van der Waals surface area contributed by atoms with Crippen LogP contribution in [0.3, 0.4) is 0 Å². The summed E-state index contributed by atoms with van der Waals surface area (Å²) in [7, 11) is -7.87. The van der Waals surface area contributed by atoms with E-state index in [9.17, 15) is 57.4 Å². The van der Waals surface area contributed by atoms with Crippen LogP contribution in [0.1, 0.15) is 30.5 Å². The molecule has 416 valence electrons. The van der Waals surface area contributed by atoms with Crippen LogP contribution in [0.5, 0.6) is 17.2 Å². The summed E-state index contributed by atoms with van der Waals surface area (Å²) in [5.74, 6) is -50.9. The Labute approximate surface area is 413 Å². The molecule has 10 nitrogen and oxygen atoms in total. The first-order valence-corrected chi connectivity index (χ1v) is 24.9. The zero-order chi connectivity index (χ0) is 57.8. The molecule has 0 bridgehead atoms. The normalized spacial score (nSPS) is 26.0. The van der Waals surface area contributed by atoms with Gasteiger partial charge in [-0.3, -0.25) is 9.13 Å². The third kappa shape index (κ3) is 8.96. The first-order valence-electron chi connectivity index (χ1n) is 20.7. The highest BCUT2D eigenvalue weighted by Crippen LogP contribution is 2.70. The van der Waals surface area contributed by atoms with Crippen LogP contribution in [0, 0.1) is 6.92 Å². The van der Waals surface area contributed by atoms with Gasteiger partial charge in [-0.2, -0.15) is 79.0 Å². The Morgan fingerprint density at radius 3 is 1.16 bits per heavy atom. The lowest BCUT2D eigenvalue weighted by Gasteiger charge is -2.55. The lowest BCUT2D eigenvalue weighted by molar-refractivity contribution is -0.538. The van der Waals surface area contributed by atoms with Crippen molar-refractivity contribution in [2.24, 2.45) is 0 Å². The van der Waals surface area contributed by atoms with Crippen molar-refractivity contribution in [2.75, 3.05) is 33.7 Å². The monoisotopic (exact) mass is 1140 g/mol. The predicted molar refractivity (Wildman–Crippen MR) is 230 cm³/mol. The van der Waals surface area contributed by atoms with E-state index in [1.165, 1.54) is 31.8 Å². The molecule has 2 saturated carbocycles. The maximum atomic E-state index is 16.6. The van der Waals surface area contributed by atoms with E-state index in [1.807, 2.05) is 13.6 Å². The number of aryl methyl sites for hydroxylation is 1. The molecule has 0 N–H and O–H groups in total. The van der Waals surface area contributed by atoms with Crippen molar-refractivity contribution in [2.45, 2.75) is 85.6 Å². The molecule has 2 aliphatic rings. The summed E-state index contributed by atoms with van der Waals surface area (Å²) >= 11 is 0. The number of carbonyl (C=O) groups excluding carboxylic acids is 2. The third-order valence-electron chi connectivity index (χ3n) is 11.8. The van der Waals surface area contributed by atoms with Crippen LogP contribution >= 0.6 is 14.7 Å². The lowest BCUT2D eigenvalue weighted by atomic mass is 9.72. The van der Waals surface area contributed by atoms with Gasteiger partial charge in [-0.15, -0.1) is 0 Å². The summed E-state index contributed by atoms with van der Waals surface area (Å²) < 4.78 is 323. The second-order valence-electron chi connectivity index (χ2n) is 16.2. The molecule has 2 aliphatic carbocycles. The molecule has 6 atom stereocenters. The van der Waals surface area contributed by atoms with Gasteiger partial charge >= 0.3 is 59.5 Å². The number of hydrogen-bond acceptors (Lipinski definition) is 10. The topological polar surface area (TPSA) is 124 Å². The van der Waals surface area contributed by atoms with Gasteiger partial charge in [0, 0.05) is 25.7 Å². The molecular formula is C45H40F18O10P2. The highest BCUT2D eigenvalue weighted by Gasteiger charge is 3.04. The smallest absolute Gasteiger partial charge is 0.411 e. The van der Waals surface area contributed by atoms with Crippen LogP contribution in [0.15, 0.2) is 84.9 Å². The summed E-state index contributed by atoms with van der Waals surface area (Å²) in [5.41, 5.74) is -8.53. The van der Waals surface area contributed by atoms with Crippen molar-refractivity contribution in [3.8, 4) is 28.4 Å². The van der Waals surface area contributed by atoms with Crippen LogP contribution in [0.4, 0.5) is 79.0 Å². The molecule has 0 aliphatic heterocycles. The number of carbonyl (C=O) groups is 2. The summed E-state index contributed by atoms with van der Waals surface area (Å²) in [6.45, 7) is 10.3. The van der Waals surface area contributed by atoms with Gasteiger partial charge in [0.1, 0.15) is 30.8 Å². The average Bonchev–Trinajstić information content (AvgIpc) is 3.32. The zero-order valence-corrected chi connectivity index (χ0v) is 41.0. The van der Waals surface area contributed by atoms with Crippen molar-refractivity contribution >= 4 is 38.9 Å². The number of benzene rings is 4. The molecule has 0 aromatic heterocycles. The lowest BCUT2D eigenvalue weighted by Crippen LogP contribution is -2.89. The second kappa shape index (κ2) is 20.2. The van der Waals surface area contributed by atoms with E-state index in [2.05, 4.69) is 18.9 Å². The van der Waals surface area contributed by atoms with Gasteiger partial charge in [-0.05, 0) is 91.1 Å². The quantitative estimate of drug-likeness (QED) is 0.0791. The van der Waals surface area contributed by atoms with E-state index in [4.69, 9.17) is 18.6 Å². The van der Waals surface area contributed by atoms with Crippen LogP contribution in [-0.4, -0.2) is 107 Å². The Hall–Kier alpha value is -5.30. The highest BCUT2D eigenvalue weighted by atomic mass is 31.2. The molecule has 4 aromatic carbocycles. The Balaban J connectivity index is 0.00000297. The minimum absolute atomic E-state index is 0.00887. The molecule has 0 saturated heterocycles. The predicted octanol–water partition coefficient (Wildman–Crippen LogP) is 12.6. The van der Waals surface area contributed by atoms with Crippen LogP contribution in [0.25, 0.3) is 11.1 Å². The minimum Gasteiger partial charge on any atom is -0.448 e. The van der Waals surface area contributed by atoms with Gasteiger partial charge in [0.05, 0.1) is 18.5 Å². The number of hydrogen-bond donors (Lipinski definition) is 0. The third-order valence-corrected chi connectivity index (χ3v) is 15.9. The fraction of sp³-hybridized carbons (Fsp3) is 0.422. The SMILES string of the molecule is C=O.C=O.CCOP(C)(=O)c1cc(-c2ccc(OC3(F)C(F)(F)C(F)(F)C3(F)Oc3ccc(C(c4ccc(OC5(F)C(F)(F)C(F)(F)C5(F)OC)cc4)(C(F)(F)F)C(F)(F)F)cc3)c(P(C)(=O)OCC)c2)ccc1C. The molecule has 6 unspecified atom stereocenters. The molecule has 6 rings (SSSR count). The van der Waals surface area contributed by atoms with E-state index < -0.39 is 113 Å². The Morgan fingerprint density at radius 1 is 0.480 bits per heavy atom. The Kier molecular flexibility index (Phi) is 16.8. The van der Waals surface area contributed by atoms with Crippen LogP contribution in [-0.2, 0) is 37.9 Å². The Bertz CT molecular complexity index is 2800. The van der Waals surface area contributed by atoms with E-state index in [0.29, 0.717) is 11.6 Å². The number of halogens is 18. The minimum atomic E-state index is -6.55. The number of methoxy groups -OCH3 is 1. The van der Waals surface area contributed by atoms with E-state index >= 15 is 30.7 Å². The van der Waals surface area contributed by atoms with Crippen molar-refractivity contribution in [3.63, 3.8) is 0 Å². The van der Waals surface area contributed by atoms with E-state index in [1.54, 1.807) is 13.8 Å². The molecular weight excluding hydrogens is 1100 g/mol.